The zero-order valence-electron chi connectivity index (χ0n) is 19.8. The minimum atomic E-state index is -0.108. The fourth-order valence-corrected chi connectivity index (χ4v) is 5.14. The highest BCUT2D eigenvalue weighted by atomic mass is 16.5. The number of nitrogens with zero attached hydrogens (tertiary/aromatic N) is 3. The van der Waals surface area contributed by atoms with Gasteiger partial charge in [-0.15, -0.1) is 0 Å². The van der Waals surface area contributed by atoms with Crippen LogP contribution in [0.1, 0.15) is 42.7 Å². The summed E-state index contributed by atoms with van der Waals surface area (Å²) in [6, 6.07) is 15.9. The molecule has 3 heterocycles. The highest BCUT2D eigenvalue weighted by molar-refractivity contribution is 6.05. The minimum absolute atomic E-state index is 0.0872. The zero-order chi connectivity index (χ0) is 23.7. The quantitative estimate of drug-likeness (QED) is 0.546. The molecule has 3 aromatic rings. The predicted molar refractivity (Wildman–Crippen MR) is 132 cm³/mol. The van der Waals surface area contributed by atoms with E-state index in [9.17, 15) is 9.90 Å². The Labute approximate surface area is 200 Å². The smallest absolute Gasteiger partial charge is 0.272 e. The standard InChI is InChI=1S/C27H32N4O3/c1-18(2)11-12-31-25-6-4-3-5-24(25)26(29-31)27(33)28-20-13-21-16-34-17-22(14-20)30(21)15-19-7-9-23(32)10-8-19/h3-11,20-22,32H,12-17H2,1-2H3,(H,28,33). The summed E-state index contributed by atoms with van der Waals surface area (Å²) in [7, 11) is 0. The number of hydrogen-bond donors (Lipinski definition) is 2. The first kappa shape index (κ1) is 22.6. The topological polar surface area (TPSA) is 79.6 Å². The average molecular weight is 461 g/mol. The molecule has 2 aromatic carbocycles. The van der Waals surface area contributed by atoms with Crippen LogP contribution in [0.4, 0.5) is 0 Å². The second-order valence-corrected chi connectivity index (χ2v) is 9.66. The van der Waals surface area contributed by atoms with Crippen LogP contribution in [-0.2, 0) is 17.8 Å². The summed E-state index contributed by atoms with van der Waals surface area (Å²) >= 11 is 0. The molecule has 2 saturated heterocycles. The number of phenolic OH excluding ortho intramolecular Hbond substituents is 1. The van der Waals surface area contributed by atoms with Gasteiger partial charge in [-0.25, -0.2) is 0 Å². The van der Waals surface area contributed by atoms with Gasteiger partial charge in [0, 0.05) is 30.1 Å². The summed E-state index contributed by atoms with van der Waals surface area (Å²) < 4.78 is 7.76. The number of hydrogen-bond acceptors (Lipinski definition) is 5. The summed E-state index contributed by atoms with van der Waals surface area (Å²) in [5, 5.41) is 18.4. The lowest BCUT2D eigenvalue weighted by atomic mass is 9.89. The molecule has 2 aliphatic rings. The minimum Gasteiger partial charge on any atom is -0.508 e. The van der Waals surface area contributed by atoms with Crippen molar-refractivity contribution in [1.82, 2.24) is 20.0 Å². The summed E-state index contributed by atoms with van der Waals surface area (Å²) in [5.74, 6) is 0.174. The van der Waals surface area contributed by atoms with Gasteiger partial charge in [-0.2, -0.15) is 5.10 Å². The molecule has 2 atom stereocenters. The summed E-state index contributed by atoms with van der Waals surface area (Å²) in [6.07, 6.45) is 3.81. The molecule has 1 aromatic heterocycles. The van der Waals surface area contributed by atoms with Crippen LogP contribution in [0.15, 0.2) is 60.2 Å². The molecule has 2 bridgehead atoms. The Hall–Kier alpha value is -3.16. The number of fused-ring (bicyclic) bond motifs is 3. The van der Waals surface area contributed by atoms with Crippen LogP contribution in [0.5, 0.6) is 5.75 Å². The number of benzene rings is 2. The molecule has 0 saturated carbocycles. The van der Waals surface area contributed by atoms with E-state index in [0.29, 0.717) is 25.5 Å². The third-order valence-corrected chi connectivity index (χ3v) is 6.85. The molecular formula is C27H32N4O3. The number of ether oxygens (including phenoxy) is 1. The van der Waals surface area contributed by atoms with Crippen molar-refractivity contribution in [2.75, 3.05) is 13.2 Å². The Balaban J connectivity index is 1.30. The lowest BCUT2D eigenvalue weighted by Crippen LogP contribution is -2.60. The van der Waals surface area contributed by atoms with Crippen LogP contribution in [-0.4, -0.2) is 57.0 Å². The van der Waals surface area contributed by atoms with Crippen LogP contribution < -0.4 is 5.32 Å². The van der Waals surface area contributed by atoms with E-state index in [1.54, 1.807) is 12.1 Å². The van der Waals surface area contributed by atoms with E-state index in [-0.39, 0.29) is 29.8 Å². The molecule has 7 heteroatoms. The number of allylic oxidation sites excluding steroid dienone is 2. The van der Waals surface area contributed by atoms with Crippen LogP contribution in [0, 0.1) is 0 Å². The van der Waals surface area contributed by atoms with E-state index in [2.05, 4.69) is 35.2 Å². The summed E-state index contributed by atoms with van der Waals surface area (Å²) in [6.45, 7) is 6.93. The van der Waals surface area contributed by atoms with Gasteiger partial charge < -0.3 is 15.2 Å². The highest BCUT2D eigenvalue weighted by Gasteiger charge is 2.39. The van der Waals surface area contributed by atoms with E-state index < -0.39 is 0 Å². The van der Waals surface area contributed by atoms with Gasteiger partial charge in [0.1, 0.15) is 5.75 Å². The number of nitrogens with one attached hydrogen (secondary N) is 1. The molecule has 2 aliphatic heterocycles. The van der Waals surface area contributed by atoms with Gasteiger partial charge in [0.25, 0.3) is 5.91 Å². The predicted octanol–water partition coefficient (Wildman–Crippen LogP) is 3.87. The highest BCUT2D eigenvalue weighted by Crippen LogP contribution is 2.30. The molecule has 178 valence electrons. The van der Waals surface area contributed by atoms with E-state index in [1.165, 1.54) is 11.1 Å². The number of carbonyl (C=O) groups excluding carboxylic acids is 1. The van der Waals surface area contributed by atoms with Crippen molar-refractivity contribution in [1.29, 1.82) is 0 Å². The van der Waals surface area contributed by atoms with Gasteiger partial charge in [-0.1, -0.05) is 42.0 Å². The van der Waals surface area contributed by atoms with Crippen molar-refractivity contribution in [2.24, 2.45) is 0 Å². The fourth-order valence-electron chi connectivity index (χ4n) is 5.14. The first-order chi connectivity index (χ1) is 16.5. The van der Waals surface area contributed by atoms with Crippen molar-refractivity contribution >= 4 is 16.8 Å². The third-order valence-electron chi connectivity index (χ3n) is 6.85. The number of para-hydroxylation sites is 1. The van der Waals surface area contributed by atoms with Crippen molar-refractivity contribution in [3.63, 3.8) is 0 Å². The first-order valence-corrected chi connectivity index (χ1v) is 12.0. The van der Waals surface area contributed by atoms with Gasteiger partial charge in [-0.05, 0) is 50.5 Å². The van der Waals surface area contributed by atoms with Gasteiger partial charge in [-0.3, -0.25) is 14.4 Å². The fraction of sp³-hybridized carbons (Fsp3) is 0.407. The number of piperidine rings is 1. The number of rotatable bonds is 6. The number of aromatic nitrogens is 2. The largest absolute Gasteiger partial charge is 0.508 e. The van der Waals surface area contributed by atoms with E-state index in [4.69, 9.17) is 4.74 Å². The van der Waals surface area contributed by atoms with Gasteiger partial charge >= 0.3 is 0 Å². The second-order valence-electron chi connectivity index (χ2n) is 9.66. The summed E-state index contributed by atoms with van der Waals surface area (Å²) in [4.78, 5) is 15.8. The second kappa shape index (κ2) is 9.60. The average Bonchev–Trinajstić information content (AvgIpc) is 3.18. The van der Waals surface area contributed by atoms with Crippen molar-refractivity contribution in [2.45, 2.75) is 57.9 Å². The van der Waals surface area contributed by atoms with Crippen molar-refractivity contribution in [3.8, 4) is 5.75 Å². The van der Waals surface area contributed by atoms with E-state index >= 15 is 0 Å². The van der Waals surface area contributed by atoms with E-state index in [0.717, 1.165) is 30.3 Å². The number of phenols is 1. The molecule has 2 unspecified atom stereocenters. The maximum atomic E-state index is 13.3. The Morgan fingerprint density at radius 2 is 1.82 bits per heavy atom. The molecule has 0 spiro atoms. The molecule has 0 radical (unpaired) electrons. The number of amides is 1. The number of morpholine rings is 1. The molecule has 1 amide bonds. The van der Waals surface area contributed by atoms with Gasteiger partial charge in [0.2, 0.25) is 0 Å². The molecule has 2 N–H and O–H groups in total. The molecule has 7 nitrogen and oxygen atoms in total. The van der Waals surface area contributed by atoms with Crippen LogP contribution in [0.25, 0.3) is 10.9 Å². The Morgan fingerprint density at radius 3 is 2.53 bits per heavy atom. The van der Waals surface area contributed by atoms with Crippen molar-refractivity contribution < 1.29 is 14.6 Å². The lowest BCUT2D eigenvalue weighted by molar-refractivity contribution is -0.0843. The van der Waals surface area contributed by atoms with Gasteiger partial charge in [0.05, 0.1) is 25.3 Å². The molecule has 0 aliphatic carbocycles. The van der Waals surface area contributed by atoms with E-state index in [1.807, 2.05) is 41.1 Å². The van der Waals surface area contributed by atoms with Crippen LogP contribution in [0.2, 0.25) is 0 Å². The first-order valence-electron chi connectivity index (χ1n) is 12.0. The molecule has 34 heavy (non-hydrogen) atoms. The molecule has 5 rings (SSSR count). The molecular weight excluding hydrogens is 428 g/mol. The summed E-state index contributed by atoms with van der Waals surface area (Å²) in [5.41, 5.74) is 3.86. The Kier molecular flexibility index (Phi) is 6.39. The Bertz CT molecular complexity index is 1180. The lowest BCUT2D eigenvalue weighted by Gasteiger charge is -2.48. The zero-order valence-corrected chi connectivity index (χ0v) is 19.8. The SMILES string of the molecule is CC(C)=CCn1nc(C(=O)NC2CC3COCC(C2)N3Cc2ccc(O)cc2)c2ccccc21. The number of carbonyl (C=O) groups is 1. The normalized spacial score (nSPS) is 22.5. The Morgan fingerprint density at radius 1 is 1.12 bits per heavy atom. The van der Waals surface area contributed by atoms with Crippen molar-refractivity contribution in [3.05, 3.63) is 71.4 Å². The maximum Gasteiger partial charge on any atom is 0.272 e. The number of aromatic hydroxyl groups is 1. The third kappa shape index (κ3) is 4.72. The van der Waals surface area contributed by atoms with Crippen LogP contribution >= 0.6 is 0 Å². The van der Waals surface area contributed by atoms with Crippen LogP contribution in [0.3, 0.4) is 0 Å². The van der Waals surface area contributed by atoms with Gasteiger partial charge in [0.15, 0.2) is 5.69 Å². The monoisotopic (exact) mass is 460 g/mol. The molecule has 2 fully saturated rings. The maximum absolute atomic E-state index is 13.3.